The standard InChI is InChI=1S/C18H24N2O/c1-14-9-16(11-19-10-14)13-21-17-7-5-15(6-8-17)12-20-18(2,3)4/h5-11,20H,12-13H2,1-4H3. The van der Waals surface area contributed by atoms with Crippen LogP contribution in [0.15, 0.2) is 42.7 Å². The van der Waals surface area contributed by atoms with Crippen LogP contribution in [0.5, 0.6) is 5.75 Å². The minimum Gasteiger partial charge on any atom is -0.489 e. The molecule has 3 heteroatoms. The van der Waals surface area contributed by atoms with Crippen LogP contribution in [0.25, 0.3) is 0 Å². The van der Waals surface area contributed by atoms with Crippen LogP contribution in [0, 0.1) is 6.92 Å². The summed E-state index contributed by atoms with van der Waals surface area (Å²) in [5.74, 6) is 0.885. The van der Waals surface area contributed by atoms with Crippen molar-refractivity contribution in [2.75, 3.05) is 0 Å². The van der Waals surface area contributed by atoms with Crippen molar-refractivity contribution in [3.63, 3.8) is 0 Å². The van der Waals surface area contributed by atoms with Gasteiger partial charge >= 0.3 is 0 Å². The van der Waals surface area contributed by atoms with Gasteiger partial charge in [-0.15, -0.1) is 0 Å². The molecule has 0 radical (unpaired) electrons. The molecule has 2 aromatic rings. The van der Waals surface area contributed by atoms with Gasteiger partial charge in [0.15, 0.2) is 0 Å². The van der Waals surface area contributed by atoms with Gasteiger partial charge in [0.05, 0.1) is 0 Å². The number of aromatic nitrogens is 1. The van der Waals surface area contributed by atoms with Crippen LogP contribution in [-0.2, 0) is 13.2 Å². The van der Waals surface area contributed by atoms with E-state index in [0.29, 0.717) is 6.61 Å². The highest BCUT2D eigenvalue weighted by Crippen LogP contribution is 2.15. The lowest BCUT2D eigenvalue weighted by Crippen LogP contribution is -2.34. The predicted molar refractivity (Wildman–Crippen MR) is 86.3 cm³/mol. The van der Waals surface area contributed by atoms with E-state index in [2.05, 4.69) is 49.3 Å². The molecule has 1 aromatic heterocycles. The second-order valence-corrected chi connectivity index (χ2v) is 6.41. The average molecular weight is 284 g/mol. The SMILES string of the molecule is Cc1cncc(COc2ccc(CNC(C)(C)C)cc2)c1. The number of nitrogens with zero attached hydrogens (tertiary/aromatic N) is 1. The summed E-state index contributed by atoms with van der Waals surface area (Å²) in [7, 11) is 0. The first-order chi connectivity index (χ1) is 9.92. The lowest BCUT2D eigenvalue weighted by Gasteiger charge is -2.20. The Bertz CT molecular complexity index is 571. The molecule has 21 heavy (non-hydrogen) atoms. The van der Waals surface area contributed by atoms with E-state index in [-0.39, 0.29) is 5.54 Å². The molecule has 0 saturated carbocycles. The molecule has 0 aliphatic heterocycles. The van der Waals surface area contributed by atoms with Gasteiger partial charge in [0.25, 0.3) is 0 Å². The Hall–Kier alpha value is -1.87. The molecular formula is C18H24N2O. The predicted octanol–water partition coefficient (Wildman–Crippen LogP) is 3.86. The normalized spacial score (nSPS) is 11.4. The van der Waals surface area contributed by atoms with Crippen LogP contribution in [0.3, 0.4) is 0 Å². The monoisotopic (exact) mass is 284 g/mol. The molecule has 0 fully saturated rings. The molecule has 112 valence electrons. The van der Waals surface area contributed by atoms with Gasteiger partial charge in [-0.05, 0) is 57.0 Å². The Morgan fingerprint density at radius 1 is 1.05 bits per heavy atom. The molecule has 0 saturated heterocycles. The Morgan fingerprint density at radius 2 is 1.76 bits per heavy atom. The van der Waals surface area contributed by atoms with E-state index in [1.807, 2.05) is 31.5 Å². The molecular weight excluding hydrogens is 260 g/mol. The molecule has 1 aromatic carbocycles. The second-order valence-electron chi connectivity index (χ2n) is 6.41. The molecule has 0 unspecified atom stereocenters. The van der Waals surface area contributed by atoms with Crippen molar-refractivity contribution in [1.82, 2.24) is 10.3 Å². The van der Waals surface area contributed by atoms with Crippen molar-refractivity contribution in [3.8, 4) is 5.75 Å². The van der Waals surface area contributed by atoms with Crippen LogP contribution >= 0.6 is 0 Å². The summed E-state index contributed by atoms with van der Waals surface area (Å²) in [6.45, 7) is 9.95. The molecule has 1 N–H and O–H groups in total. The van der Waals surface area contributed by atoms with E-state index < -0.39 is 0 Å². The van der Waals surface area contributed by atoms with E-state index in [0.717, 1.165) is 23.4 Å². The summed E-state index contributed by atoms with van der Waals surface area (Å²) in [4.78, 5) is 4.17. The van der Waals surface area contributed by atoms with Crippen molar-refractivity contribution >= 4 is 0 Å². The fraction of sp³-hybridized carbons (Fsp3) is 0.389. The fourth-order valence-electron chi connectivity index (χ4n) is 1.93. The lowest BCUT2D eigenvalue weighted by molar-refractivity contribution is 0.305. The molecule has 0 atom stereocenters. The Morgan fingerprint density at radius 3 is 2.38 bits per heavy atom. The number of pyridine rings is 1. The van der Waals surface area contributed by atoms with Crippen LogP contribution in [0.2, 0.25) is 0 Å². The first-order valence-electron chi connectivity index (χ1n) is 7.30. The van der Waals surface area contributed by atoms with E-state index >= 15 is 0 Å². The highest BCUT2D eigenvalue weighted by atomic mass is 16.5. The lowest BCUT2D eigenvalue weighted by atomic mass is 10.1. The zero-order valence-electron chi connectivity index (χ0n) is 13.3. The molecule has 0 bridgehead atoms. The summed E-state index contributed by atoms with van der Waals surface area (Å²) >= 11 is 0. The number of hydrogen-bond donors (Lipinski definition) is 1. The van der Waals surface area contributed by atoms with Crippen LogP contribution < -0.4 is 10.1 Å². The van der Waals surface area contributed by atoms with E-state index in [9.17, 15) is 0 Å². The largest absolute Gasteiger partial charge is 0.489 e. The van der Waals surface area contributed by atoms with Crippen molar-refractivity contribution in [2.45, 2.75) is 46.4 Å². The summed E-state index contributed by atoms with van der Waals surface area (Å²) in [6, 6.07) is 10.3. The third-order valence-electron chi connectivity index (χ3n) is 3.08. The van der Waals surface area contributed by atoms with Gasteiger partial charge in [-0.25, -0.2) is 0 Å². The fourth-order valence-corrected chi connectivity index (χ4v) is 1.93. The van der Waals surface area contributed by atoms with Gasteiger partial charge in [0.2, 0.25) is 0 Å². The summed E-state index contributed by atoms with van der Waals surface area (Å²) in [6.07, 6.45) is 3.69. The first kappa shape index (κ1) is 15.5. The Labute approximate surface area is 127 Å². The van der Waals surface area contributed by atoms with Gasteiger partial charge in [0, 0.05) is 30.0 Å². The Balaban J connectivity index is 1.87. The van der Waals surface area contributed by atoms with Gasteiger partial charge in [-0.2, -0.15) is 0 Å². The number of aryl methyl sites for hydroxylation is 1. The third-order valence-corrected chi connectivity index (χ3v) is 3.08. The first-order valence-corrected chi connectivity index (χ1v) is 7.30. The molecule has 2 rings (SSSR count). The van der Waals surface area contributed by atoms with Crippen molar-refractivity contribution in [1.29, 1.82) is 0 Å². The average Bonchev–Trinajstić information content (AvgIpc) is 2.43. The van der Waals surface area contributed by atoms with E-state index in [1.54, 1.807) is 0 Å². The smallest absolute Gasteiger partial charge is 0.119 e. The van der Waals surface area contributed by atoms with Crippen LogP contribution in [-0.4, -0.2) is 10.5 Å². The maximum Gasteiger partial charge on any atom is 0.119 e. The van der Waals surface area contributed by atoms with Gasteiger partial charge < -0.3 is 10.1 Å². The van der Waals surface area contributed by atoms with Crippen molar-refractivity contribution in [3.05, 3.63) is 59.4 Å². The quantitative estimate of drug-likeness (QED) is 0.905. The highest BCUT2D eigenvalue weighted by molar-refractivity contribution is 5.28. The van der Waals surface area contributed by atoms with Crippen LogP contribution in [0.1, 0.15) is 37.5 Å². The van der Waals surface area contributed by atoms with Crippen LogP contribution in [0.4, 0.5) is 0 Å². The second kappa shape index (κ2) is 6.72. The highest BCUT2D eigenvalue weighted by Gasteiger charge is 2.08. The number of rotatable bonds is 5. The number of hydrogen-bond acceptors (Lipinski definition) is 3. The minimum atomic E-state index is 0.132. The maximum absolute atomic E-state index is 5.79. The van der Waals surface area contributed by atoms with Gasteiger partial charge in [-0.1, -0.05) is 12.1 Å². The van der Waals surface area contributed by atoms with E-state index in [4.69, 9.17) is 4.74 Å². The number of benzene rings is 1. The molecule has 0 spiro atoms. The van der Waals surface area contributed by atoms with Crippen molar-refractivity contribution in [2.24, 2.45) is 0 Å². The summed E-state index contributed by atoms with van der Waals surface area (Å²) in [5, 5.41) is 3.47. The van der Waals surface area contributed by atoms with Gasteiger partial charge in [-0.3, -0.25) is 4.98 Å². The molecule has 1 heterocycles. The molecule has 0 aliphatic rings. The zero-order valence-corrected chi connectivity index (χ0v) is 13.3. The zero-order chi connectivity index (χ0) is 15.3. The topological polar surface area (TPSA) is 34.1 Å². The Kier molecular flexibility index (Phi) is 4.97. The molecule has 3 nitrogen and oxygen atoms in total. The number of nitrogens with one attached hydrogen (secondary N) is 1. The molecule has 0 amide bonds. The maximum atomic E-state index is 5.79. The van der Waals surface area contributed by atoms with Crippen molar-refractivity contribution < 1.29 is 4.74 Å². The summed E-state index contributed by atoms with van der Waals surface area (Å²) in [5.41, 5.74) is 3.63. The number of ether oxygens (including phenoxy) is 1. The van der Waals surface area contributed by atoms with Gasteiger partial charge in [0.1, 0.15) is 12.4 Å². The third kappa shape index (κ3) is 5.56. The minimum absolute atomic E-state index is 0.132. The van der Waals surface area contributed by atoms with E-state index in [1.165, 1.54) is 5.56 Å². The summed E-state index contributed by atoms with van der Waals surface area (Å²) < 4.78 is 5.79. The molecule has 0 aliphatic carbocycles.